The van der Waals surface area contributed by atoms with Crippen molar-refractivity contribution in [3.05, 3.63) is 36.0 Å². The molecular formula is C16H19N7O2. The van der Waals surface area contributed by atoms with Crippen LogP contribution < -0.4 is 11.1 Å². The lowest BCUT2D eigenvalue weighted by atomic mass is 10.1. The molecule has 3 rings (SSSR count). The molecule has 2 aromatic heterocycles. The van der Waals surface area contributed by atoms with Gasteiger partial charge in [-0.25, -0.2) is 9.97 Å². The Bertz CT molecular complexity index is 909. The Kier molecular flexibility index (Phi) is 4.29. The van der Waals surface area contributed by atoms with Crippen LogP contribution in [0, 0.1) is 0 Å². The van der Waals surface area contributed by atoms with Crippen molar-refractivity contribution < 1.29 is 10.6 Å². The van der Waals surface area contributed by atoms with E-state index in [-0.39, 0.29) is 25.1 Å². The first-order valence-electron chi connectivity index (χ1n) is 7.46. The van der Waals surface area contributed by atoms with E-state index in [4.69, 9.17) is 10.2 Å². The molecular weight excluding hydrogens is 322 g/mol. The fourth-order valence-corrected chi connectivity index (χ4v) is 2.16. The van der Waals surface area contributed by atoms with Gasteiger partial charge in [-0.2, -0.15) is 0 Å². The van der Waals surface area contributed by atoms with Gasteiger partial charge in [0.1, 0.15) is 0 Å². The third-order valence-electron chi connectivity index (χ3n) is 3.48. The molecule has 9 nitrogen and oxygen atoms in total. The van der Waals surface area contributed by atoms with Gasteiger partial charge in [0.05, 0.1) is 11.9 Å². The minimum atomic E-state index is -0.0684. The lowest BCUT2D eigenvalue weighted by molar-refractivity contribution is 0.0827. The predicted molar refractivity (Wildman–Crippen MR) is 94.9 cm³/mol. The van der Waals surface area contributed by atoms with Crippen LogP contribution in [0.4, 0.5) is 11.8 Å². The minimum Gasteiger partial charge on any atom is -0.402 e. The van der Waals surface area contributed by atoms with Crippen LogP contribution in [-0.2, 0) is 0 Å². The normalized spacial score (nSPS) is 10.5. The van der Waals surface area contributed by atoms with E-state index < -0.39 is 0 Å². The zero-order chi connectivity index (χ0) is 18.0. The molecule has 0 unspecified atom stereocenters. The highest BCUT2D eigenvalue weighted by Crippen LogP contribution is 2.26. The Labute approximate surface area is 145 Å². The molecule has 0 aliphatic heterocycles. The minimum absolute atomic E-state index is 0. The molecule has 130 valence electrons. The lowest BCUT2D eigenvalue weighted by Crippen LogP contribution is -2.21. The Morgan fingerprint density at radius 3 is 2.56 bits per heavy atom. The van der Waals surface area contributed by atoms with Gasteiger partial charge in [-0.05, 0) is 12.1 Å². The van der Waals surface area contributed by atoms with Gasteiger partial charge in [0, 0.05) is 33.7 Å². The summed E-state index contributed by atoms with van der Waals surface area (Å²) < 4.78 is 5.40. The SMILES string of the molecule is CNc1nnc(-c2nc(-c3ccc(C(=O)N(C)C)cc3)cnc2N)o1.[HH]. The first-order valence-corrected chi connectivity index (χ1v) is 7.46. The number of nitrogen functional groups attached to an aromatic ring is 1. The number of hydrogen-bond acceptors (Lipinski definition) is 8. The van der Waals surface area contributed by atoms with Crippen LogP contribution in [0.25, 0.3) is 22.8 Å². The van der Waals surface area contributed by atoms with Crippen LogP contribution in [0.2, 0.25) is 0 Å². The Morgan fingerprint density at radius 1 is 1.24 bits per heavy atom. The van der Waals surface area contributed by atoms with E-state index in [9.17, 15) is 4.79 Å². The van der Waals surface area contributed by atoms with Crippen molar-refractivity contribution in [2.24, 2.45) is 0 Å². The molecule has 0 saturated heterocycles. The van der Waals surface area contributed by atoms with E-state index in [0.29, 0.717) is 17.0 Å². The van der Waals surface area contributed by atoms with Crippen LogP contribution in [0.5, 0.6) is 0 Å². The summed E-state index contributed by atoms with van der Waals surface area (Å²) in [5.41, 5.74) is 8.14. The molecule has 0 radical (unpaired) electrons. The summed E-state index contributed by atoms with van der Waals surface area (Å²) >= 11 is 0. The second-order valence-electron chi connectivity index (χ2n) is 5.43. The smallest absolute Gasteiger partial charge is 0.315 e. The standard InChI is InChI=1S/C16H17N7O2.H2/c1-18-16-22-21-14(25-16)12-13(17)19-8-11(20-12)9-4-6-10(7-5-9)15(24)23(2)3;/h4-8H,1-3H3,(H2,17,19)(H,18,22);1H. The topological polar surface area (TPSA) is 123 Å². The summed E-state index contributed by atoms with van der Waals surface area (Å²) in [5.74, 6) is 0.297. The average molecular weight is 341 g/mol. The van der Waals surface area contributed by atoms with Crippen molar-refractivity contribution in [3.8, 4) is 22.8 Å². The quantitative estimate of drug-likeness (QED) is 0.736. The summed E-state index contributed by atoms with van der Waals surface area (Å²) in [5, 5.41) is 10.5. The maximum absolute atomic E-state index is 12.0. The average Bonchev–Trinajstić information content (AvgIpc) is 3.10. The molecule has 1 amide bonds. The lowest BCUT2D eigenvalue weighted by Gasteiger charge is -2.10. The summed E-state index contributed by atoms with van der Waals surface area (Å²) in [7, 11) is 5.08. The van der Waals surface area contributed by atoms with E-state index in [1.165, 1.54) is 4.90 Å². The first kappa shape index (κ1) is 16.4. The molecule has 0 bridgehead atoms. The molecule has 25 heavy (non-hydrogen) atoms. The van der Waals surface area contributed by atoms with Crippen molar-refractivity contribution in [2.75, 3.05) is 32.2 Å². The number of hydrogen-bond donors (Lipinski definition) is 2. The molecule has 1 aromatic carbocycles. The molecule has 0 aliphatic carbocycles. The molecule has 0 saturated carbocycles. The highest BCUT2D eigenvalue weighted by Gasteiger charge is 2.16. The molecule has 2 heterocycles. The molecule has 0 fully saturated rings. The number of carbonyl (C=O) groups is 1. The second-order valence-corrected chi connectivity index (χ2v) is 5.43. The van der Waals surface area contributed by atoms with Crippen LogP contribution >= 0.6 is 0 Å². The molecule has 0 aliphatic rings. The third-order valence-corrected chi connectivity index (χ3v) is 3.48. The van der Waals surface area contributed by atoms with E-state index >= 15 is 0 Å². The monoisotopic (exact) mass is 341 g/mol. The van der Waals surface area contributed by atoms with Crippen LogP contribution in [0.1, 0.15) is 11.8 Å². The first-order chi connectivity index (χ1) is 12.0. The number of anilines is 2. The second kappa shape index (κ2) is 6.56. The van der Waals surface area contributed by atoms with E-state index in [2.05, 4.69) is 25.5 Å². The van der Waals surface area contributed by atoms with Crippen molar-refractivity contribution in [3.63, 3.8) is 0 Å². The summed E-state index contributed by atoms with van der Waals surface area (Å²) in [4.78, 5) is 22.1. The summed E-state index contributed by atoms with van der Waals surface area (Å²) in [6, 6.07) is 7.33. The number of benzene rings is 1. The third kappa shape index (κ3) is 3.25. The molecule has 3 aromatic rings. The van der Waals surface area contributed by atoms with Gasteiger partial charge in [0.15, 0.2) is 11.5 Å². The largest absolute Gasteiger partial charge is 0.402 e. The van der Waals surface area contributed by atoms with Gasteiger partial charge >= 0.3 is 6.01 Å². The highest BCUT2D eigenvalue weighted by molar-refractivity contribution is 5.94. The fourth-order valence-electron chi connectivity index (χ4n) is 2.16. The zero-order valence-corrected chi connectivity index (χ0v) is 14.0. The number of nitrogens with zero attached hydrogens (tertiary/aromatic N) is 5. The maximum atomic E-state index is 12.0. The molecule has 3 N–H and O–H groups in total. The number of aromatic nitrogens is 4. The van der Waals surface area contributed by atoms with E-state index in [0.717, 1.165) is 5.56 Å². The van der Waals surface area contributed by atoms with Gasteiger partial charge in [0.2, 0.25) is 0 Å². The van der Waals surface area contributed by atoms with Gasteiger partial charge in [-0.3, -0.25) is 4.79 Å². The summed E-state index contributed by atoms with van der Waals surface area (Å²) in [6.07, 6.45) is 1.55. The van der Waals surface area contributed by atoms with E-state index in [1.807, 2.05) is 0 Å². The van der Waals surface area contributed by atoms with Crippen LogP contribution in [0.3, 0.4) is 0 Å². The molecule has 9 heteroatoms. The van der Waals surface area contributed by atoms with Crippen LogP contribution in [-0.4, -0.2) is 52.1 Å². The van der Waals surface area contributed by atoms with Crippen molar-refractivity contribution in [2.45, 2.75) is 0 Å². The fraction of sp³-hybridized carbons (Fsp3) is 0.188. The molecule has 0 atom stereocenters. The van der Waals surface area contributed by atoms with Crippen molar-refractivity contribution in [1.29, 1.82) is 0 Å². The van der Waals surface area contributed by atoms with Gasteiger partial charge in [-0.1, -0.05) is 17.2 Å². The zero-order valence-electron chi connectivity index (χ0n) is 14.0. The number of nitrogens with one attached hydrogen (secondary N) is 1. The van der Waals surface area contributed by atoms with Gasteiger partial charge < -0.3 is 20.4 Å². The van der Waals surface area contributed by atoms with Gasteiger partial charge in [0.25, 0.3) is 11.8 Å². The summed E-state index contributed by atoms with van der Waals surface area (Å²) in [6.45, 7) is 0. The Hall–Kier alpha value is -3.49. The van der Waals surface area contributed by atoms with Gasteiger partial charge in [-0.15, -0.1) is 5.10 Å². The Morgan fingerprint density at radius 2 is 1.96 bits per heavy atom. The predicted octanol–water partition coefficient (Wildman–Crippen LogP) is 1.77. The number of rotatable bonds is 4. The highest BCUT2D eigenvalue weighted by atomic mass is 16.4. The number of nitrogens with two attached hydrogens (primary N) is 1. The maximum Gasteiger partial charge on any atom is 0.315 e. The Balaban J connectivity index is 0.00000243. The number of carbonyl (C=O) groups excluding carboxylic acids is 1. The van der Waals surface area contributed by atoms with Crippen molar-refractivity contribution >= 4 is 17.7 Å². The molecule has 0 spiro atoms. The van der Waals surface area contributed by atoms with E-state index in [1.54, 1.807) is 51.6 Å². The van der Waals surface area contributed by atoms with Crippen molar-refractivity contribution in [1.82, 2.24) is 25.1 Å². The van der Waals surface area contributed by atoms with Crippen LogP contribution in [0.15, 0.2) is 34.9 Å². The number of amides is 1.